The minimum absolute atomic E-state index is 0.0565. The summed E-state index contributed by atoms with van der Waals surface area (Å²) < 4.78 is 9.79. The Morgan fingerprint density at radius 3 is 2.77 bits per heavy atom. The number of esters is 1. The van der Waals surface area contributed by atoms with Gasteiger partial charge >= 0.3 is 5.97 Å². The van der Waals surface area contributed by atoms with Crippen LogP contribution in [0.1, 0.15) is 26.7 Å². The molecule has 0 heterocycles. The van der Waals surface area contributed by atoms with Crippen LogP contribution in [0.4, 0.5) is 0 Å². The molecule has 0 radical (unpaired) electrons. The lowest BCUT2D eigenvalue weighted by atomic mass is 9.92. The third-order valence-electron chi connectivity index (χ3n) is 3.23. The highest BCUT2D eigenvalue weighted by Gasteiger charge is 2.49. The fourth-order valence-electron chi connectivity index (χ4n) is 2.18. The SMILES string of the molecule is CCOC(=O)C1(O)C=C(Cl)C(=O)C1=C(C)C=CCCCOC. The second kappa shape index (κ2) is 8.27. The molecule has 0 aromatic heterocycles. The number of ketones is 1. The molecular weight excluding hydrogens is 308 g/mol. The van der Waals surface area contributed by atoms with Crippen molar-refractivity contribution in [2.24, 2.45) is 0 Å². The Kier molecular flexibility index (Phi) is 7.00. The summed E-state index contributed by atoms with van der Waals surface area (Å²) in [5.74, 6) is -1.46. The summed E-state index contributed by atoms with van der Waals surface area (Å²) in [5.41, 5.74) is -1.70. The van der Waals surface area contributed by atoms with E-state index < -0.39 is 17.4 Å². The van der Waals surface area contributed by atoms with Gasteiger partial charge < -0.3 is 14.6 Å². The van der Waals surface area contributed by atoms with Crippen LogP contribution in [0, 0.1) is 0 Å². The van der Waals surface area contributed by atoms with Crippen molar-refractivity contribution in [3.63, 3.8) is 0 Å². The van der Waals surface area contributed by atoms with E-state index in [1.165, 1.54) is 0 Å². The van der Waals surface area contributed by atoms with E-state index in [0.717, 1.165) is 18.9 Å². The van der Waals surface area contributed by atoms with Gasteiger partial charge in [0, 0.05) is 13.7 Å². The van der Waals surface area contributed by atoms with Crippen LogP contribution in [0.3, 0.4) is 0 Å². The number of hydrogen-bond acceptors (Lipinski definition) is 5. The van der Waals surface area contributed by atoms with Crippen LogP contribution in [0.15, 0.2) is 34.4 Å². The molecule has 1 N–H and O–H groups in total. The lowest BCUT2D eigenvalue weighted by molar-refractivity contribution is -0.157. The average Bonchev–Trinajstić information content (AvgIpc) is 2.70. The summed E-state index contributed by atoms with van der Waals surface area (Å²) in [6.45, 7) is 4.00. The van der Waals surface area contributed by atoms with Gasteiger partial charge in [-0.15, -0.1) is 0 Å². The Balaban J connectivity index is 3.04. The first-order valence-electron chi connectivity index (χ1n) is 7.08. The number of carbonyl (C=O) groups is 2. The number of ether oxygens (including phenoxy) is 2. The molecule has 5 nitrogen and oxygen atoms in total. The smallest absolute Gasteiger partial charge is 0.347 e. The van der Waals surface area contributed by atoms with E-state index in [1.807, 2.05) is 6.08 Å². The van der Waals surface area contributed by atoms with Crippen molar-refractivity contribution in [1.29, 1.82) is 0 Å². The number of allylic oxidation sites excluding steroid dienone is 4. The number of unbranched alkanes of at least 4 members (excludes halogenated alkanes) is 1. The van der Waals surface area contributed by atoms with Crippen molar-refractivity contribution in [2.45, 2.75) is 32.3 Å². The third-order valence-corrected chi connectivity index (χ3v) is 3.51. The summed E-state index contributed by atoms with van der Waals surface area (Å²) in [6, 6.07) is 0. The molecule has 0 aromatic rings. The van der Waals surface area contributed by atoms with Crippen LogP contribution in [-0.4, -0.2) is 42.8 Å². The van der Waals surface area contributed by atoms with Gasteiger partial charge in [0.1, 0.15) is 0 Å². The third kappa shape index (κ3) is 4.06. The average molecular weight is 329 g/mol. The second-order valence-corrected chi connectivity index (χ2v) is 5.31. The number of aliphatic hydroxyl groups is 1. The van der Waals surface area contributed by atoms with Gasteiger partial charge in [0.05, 0.1) is 17.2 Å². The molecule has 6 heteroatoms. The Morgan fingerprint density at radius 2 is 2.18 bits per heavy atom. The van der Waals surface area contributed by atoms with Crippen LogP contribution in [0.5, 0.6) is 0 Å². The van der Waals surface area contributed by atoms with E-state index >= 15 is 0 Å². The summed E-state index contributed by atoms with van der Waals surface area (Å²) in [4.78, 5) is 24.1. The van der Waals surface area contributed by atoms with Crippen molar-refractivity contribution in [1.82, 2.24) is 0 Å². The number of hydrogen-bond donors (Lipinski definition) is 1. The standard InChI is InChI=1S/C16H21ClO5/c1-4-22-15(19)16(20)10-12(17)14(18)13(16)11(2)8-6-5-7-9-21-3/h6,8,10,20H,4-5,7,9H2,1-3H3. The summed E-state index contributed by atoms with van der Waals surface area (Å²) in [7, 11) is 1.63. The minimum Gasteiger partial charge on any atom is -0.463 e. The summed E-state index contributed by atoms with van der Waals surface area (Å²) >= 11 is 5.80. The van der Waals surface area contributed by atoms with E-state index in [-0.39, 0.29) is 17.2 Å². The Labute approximate surface area is 135 Å². The normalized spacial score (nSPS) is 23.9. The molecule has 0 spiro atoms. The zero-order chi connectivity index (χ0) is 16.8. The number of methoxy groups -OCH3 is 1. The molecule has 1 aliphatic rings. The molecule has 0 aromatic carbocycles. The van der Waals surface area contributed by atoms with Crippen molar-refractivity contribution in [3.8, 4) is 0 Å². The fourth-order valence-corrected chi connectivity index (χ4v) is 2.44. The highest BCUT2D eigenvalue weighted by Crippen LogP contribution is 2.36. The van der Waals surface area contributed by atoms with Gasteiger partial charge in [0.2, 0.25) is 11.4 Å². The van der Waals surface area contributed by atoms with E-state index in [0.29, 0.717) is 12.2 Å². The molecule has 1 atom stereocenters. The fraction of sp³-hybridized carbons (Fsp3) is 0.500. The van der Waals surface area contributed by atoms with Gasteiger partial charge in [0.15, 0.2) is 0 Å². The second-order valence-electron chi connectivity index (χ2n) is 4.90. The number of Topliss-reactive ketones (excluding diaryl/α,β-unsaturated/α-hetero) is 1. The first-order chi connectivity index (χ1) is 10.4. The molecule has 0 fully saturated rings. The zero-order valence-corrected chi connectivity index (χ0v) is 13.8. The summed E-state index contributed by atoms with van der Waals surface area (Å²) in [6.07, 6.45) is 6.17. The van der Waals surface area contributed by atoms with E-state index in [1.54, 1.807) is 27.0 Å². The van der Waals surface area contributed by atoms with Gasteiger partial charge in [-0.1, -0.05) is 23.8 Å². The van der Waals surface area contributed by atoms with Crippen molar-refractivity contribution in [3.05, 3.63) is 34.4 Å². The van der Waals surface area contributed by atoms with Crippen LogP contribution < -0.4 is 0 Å². The highest BCUT2D eigenvalue weighted by atomic mass is 35.5. The van der Waals surface area contributed by atoms with E-state index in [4.69, 9.17) is 21.1 Å². The maximum atomic E-state index is 12.1. The molecule has 0 aliphatic heterocycles. The Morgan fingerprint density at radius 1 is 1.50 bits per heavy atom. The van der Waals surface area contributed by atoms with Crippen molar-refractivity contribution in [2.75, 3.05) is 20.3 Å². The molecule has 122 valence electrons. The molecule has 0 bridgehead atoms. The first-order valence-corrected chi connectivity index (χ1v) is 7.45. The van der Waals surface area contributed by atoms with Crippen LogP contribution in [0.2, 0.25) is 0 Å². The lowest BCUT2D eigenvalue weighted by Crippen LogP contribution is -2.40. The quantitative estimate of drug-likeness (QED) is 0.441. The largest absolute Gasteiger partial charge is 0.463 e. The summed E-state index contributed by atoms with van der Waals surface area (Å²) in [5, 5.41) is 10.4. The Hall–Kier alpha value is -1.43. The number of carbonyl (C=O) groups excluding carboxylic acids is 2. The maximum Gasteiger partial charge on any atom is 0.347 e. The van der Waals surface area contributed by atoms with Gasteiger partial charge in [-0.25, -0.2) is 4.79 Å². The van der Waals surface area contributed by atoms with Gasteiger partial charge in [-0.3, -0.25) is 4.79 Å². The van der Waals surface area contributed by atoms with Crippen LogP contribution >= 0.6 is 11.6 Å². The number of halogens is 1. The monoisotopic (exact) mass is 328 g/mol. The van der Waals surface area contributed by atoms with Gasteiger partial charge in [0.25, 0.3) is 0 Å². The van der Waals surface area contributed by atoms with Crippen LogP contribution in [-0.2, 0) is 19.1 Å². The topological polar surface area (TPSA) is 72.8 Å². The molecule has 22 heavy (non-hydrogen) atoms. The van der Waals surface area contributed by atoms with Crippen molar-refractivity contribution < 1.29 is 24.2 Å². The first kappa shape index (κ1) is 18.6. The highest BCUT2D eigenvalue weighted by molar-refractivity contribution is 6.47. The molecule has 1 rings (SSSR count). The molecule has 0 saturated heterocycles. The van der Waals surface area contributed by atoms with E-state index in [2.05, 4.69) is 0 Å². The molecular formula is C16H21ClO5. The van der Waals surface area contributed by atoms with Crippen LogP contribution in [0.25, 0.3) is 0 Å². The molecule has 1 aliphatic carbocycles. The molecule has 1 unspecified atom stereocenters. The predicted octanol–water partition coefficient (Wildman–Crippen LogP) is 2.29. The van der Waals surface area contributed by atoms with E-state index in [9.17, 15) is 14.7 Å². The predicted molar refractivity (Wildman–Crippen MR) is 83.5 cm³/mol. The van der Waals surface area contributed by atoms with Crippen molar-refractivity contribution >= 4 is 23.4 Å². The molecule has 0 saturated carbocycles. The van der Waals surface area contributed by atoms with Gasteiger partial charge in [-0.05, 0) is 38.3 Å². The maximum absolute atomic E-state index is 12.1. The molecule has 0 amide bonds. The minimum atomic E-state index is -2.12. The van der Waals surface area contributed by atoms with Gasteiger partial charge in [-0.2, -0.15) is 0 Å². The zero-order valence-electron chi connectivity index (χ0n) is 13.0. The Bertz CT molecular complexity index is 533. The number of rotatable bonds is 7. The lowest BCUT2D eigenvalue weighted by Gasteiger charge is -2.21.